The van der Waals surface area contributed by atoms with E-state index < -0.39 is 11.7 Å². The van der Waals surface area contributed by atoms with Gasteiger partial charge in [0.15, 0.2) is 0 Å². The van der Waals surface area contributed by atoms with Gasteiger partial charge >= 0.3 is 6.18 Å². The third-order valence-electron chi connectivity index (χ3n) is 4.23. The van der Waals surface area contributed by atoms with Crippen LogP contribution in [0, 0.1) is 0 Å². The summed E-state index contributed by atoms with van der Waals surface area (Å²) in [5.74, 6) is -0.177. The number of hydrogen-bond acceptors (Lipinski definition) is 3. The standard InChI is InChI=1S/C21H27F3N2O/c1-19(2,3)14-10-13(12-26-20(4,5)6)18(27)15(11-14)17-16(21(22,23)24)8-7-9-25-17/h7-11,26-27H,12H2,1-6H3. The van der Waals surface area contributed by atoms with Crippen LogP contribution in [-0.2, 0) is 18.1 Å². The highest BCUT2D eigenvalue weighted by molar-refractivity contribution is 5.73. The molecule has 0 saturated carbocycles. The summed E-state index contributed by atoms with van der Waals surface area (Å²) in [5, 5.41) is 14.1. The number of phenolic OH excluding ortho intramolecular Hbond substituents is 1. The minimum absolute atomic E-state index is 0.0982. The number of benzene rings is 1. The van der Waals surface area contributed by atoms with Crippen molar-refractivity contribution in [2.24, 2.45) is 0 Å². The summed E-state index contributed by atoms with van der Waals surface area (Å²) in [5.41, 5.74) is -0.142. The molecule has 2 rings (SSSR count). The molecule has 0 aliphatic carbocycles. The number of hydrogen-bond donors (Lipinski definition) is 2. The van der Waals surface area contributed by atoms with Crippen LogP contribution in [0.3, 0.4) is 0 Å². The normalized spacial score (nSPS) is 13.1. The summed E-state index contributed by atoms with van der Waals surface area (Å²) in [7, 11) is 0. The van der Waals surface area contributed by atoms with E-state index in [2.05, 4.69) is 10.3 Å². The molecular formula is C21H27F3N2O. The molecule has 0 spiro atoms. The first kappa shape index (κ1) is 21.2. The molecule has 0 atom stereocenters. The fourth-order valence-electron chi connectivity index (χ4n) is 2.65. The molecular weight excluding hydrogens is 353 g/mol. The minimum atomic E-state index is -4.56. The maximum Gasteiger partial charge on any atom is 0.418 e. The van der Waals surface area contributed by atoms with Crippen LogP contribution >= 0.6 is 0 Å². The lowest BCUT2D eigenvalue weighted by molar-refractivity contribution is -0.137. The van der Waals surface area contributed by atoms with E-state index in [1.54, 1.807) is 6.07 Å². The van der Waals surface area contributed by atoms with Crippen molar-refractivity contribution >= 4 is 0 Å². The van der Waals surface area contributed by atoms with Crippen molar-refractivity contribution in [3.8, 4) is 17.0 Å². The maximum absolute atomic E-state index is 13.5. The maximum atomic E-state index is 13.5. The van der Waals surface area contributed by atoms with E-state index in [4.69, 9.17) is 0 Å². The molecule has 0 unspecified atom stereocenters. The molecule has 6 heteroatoms. The molecule has 1 aromatic heterocycles. The van der Waals surface area contributed by atoms with E-state index in [0.29, 0.717) is 12.1 Å². The zero-order chi connectivity index (χ0) is 20.6. The van der Waals surface area contributed by atoms with Crippen molar-refractivity contribution in [1.29, 1.82) is 0 Å². The van der Waals surface area contributed by atoms with Gasteiger partial charge in [0.05, 0.1) is 11.3 Å². The Kier molecular flexibility index (Phi) is 5.62. The van der Waals surface area contributed by atoms with Gasteiger partial charge in [-0.25, -0.2) is 0 Å². The second kappa shape index (κ2) is 7.15. The first-order valence-corrected chi connectivity index (χ1v) is 8.84. The first-order chi connectivity index (χ1) is 12.2. The molecule has 3 nitrogen and oxygen atoms in total. The average molecular weight is 380 g/mol. The monoisotopic (exact) mass is 380 g/mol. The Bertz CT molecular complexity index is 816. The van der Waals surface area contributed by atoms with Crippen LogP contribution in [0.4, 0.5) is 13.2 Å². The van der Waals surface area contributed by atoms with Gasteiger partial charge in [-0.15, -0.1) is 0 Å². The van der Waals surface area contributed by atoms with E-state index in [9.17, 15) is 18.3 Å². The van der Waals surface area contributed by atoms with Gasteiger partial charge in [0.1, 0.15) is 5.75 Å². The third-order valence-corrected chi connectivity index (χ3v) is 4.23. The molecule has 0 bridgehead atoms. The Labute approximate surface area is 158 Å². The Morgan fingerprint density at radius 3 is 2.19 bits per heavy atom. The zero-order valence-electron chi connectivity index (χ0n) is 16.6. The number of nitrogens with zero attached hydrogens (tertiary/aromatic N) is 1. The summed E-state index contributed by atoms with van der Waals surface area (Å²) in [6.45, 7) is 12.2. The van der Waals surface area contributed by atoms with Gasteiger partial charge in [-0.3, -0.25) is 4.98 Å². The molecule has 0 saturated heterocycles. The molecule has 1 aromatic carbocycles. The molecule has 0 aliphatic heterocycles. The zero-order valence-corrected chi connectivity index (χ0v) is 16.6. The lowest BCUT2D eigenvalue weighted by atomic mass is 9.83. The third kappa shape index (κ3) is 5.22. The summed E-state index contributed by atoms with van der Waals surface area (Å²) in [6, 6.07) is 5.68. The number of rotatable bonds is 3. The van der Waals surface area contributed by atoms with Gasteiger partial charge in [-0.2, -0.15) is 13.2 Å². The van der Waals surface area contributed by atoms with Crippen LogP contribution in [0.25, 0.3) is 11.3 Å². The number of halogens is 3. The number of nitrogens with one attached hydrogen (secondary N) is 1. The smallest absolute Gasteiger partial charge is 0.418 e. The number of phenols is 1. The number of aromatic hydroxyl groups is 1. The van der Waals surface area contributed by atoms with Crippen LogP contribution in [0.1, 0.15) is 58.2 Å². The van der Waals surface area contributed by atoms with Gasteiger partial charge in [0.2, 0.25) is 0 Å². The van der Waals surface area contributed by atoms with E-state index in [1.165, 1.54) is 12.3 Å². The lowest BCUT2D eigenvalue weighted by Crippen LogP contribution is -2.35. The van der Waals surface area contributed by atoms with E-state index in [1.807, 2.05) is 47.6 Å². The van der Waals surface area contributed by atoms with Gasteiger partial charge in [0.25, 0.3) is 0 Å². The Balaban J connectivity index is 2.70. The molecule has 0 amide bonds. The predicted molar refractivity (Wildman–Crippen MR) is 102 cm³/mol. The SMILES string of the molecule is CC(C)(C)NCc1cc(C(C)(C)C)cc(-c2ncccc2C(F)(F)F)c1O. The van der Waals surface area contributed by atoms with Gasteiger partial charge in [-0.05, 0) is 49.9 Å². The fraction of sp³-hybridized carbons (Fsp3) is 0.476. The molecule has 27 heavy (non-hydrogen) atoms. The molecule has 0 aliphatic rings. The molecule has 148 valence electrons. The van der Waals surface area contributed by atoms with E-state index in [0.717, 1.165) is 11.6 Å². The summed E-state index contributed by atoms with van der Waals surface area (Å²) < 4.78 is 40.4. The molecule has 2 N–H and O–H groups in total. The van der Waals surface area contributed by atoms with Crippen molar-refractivity contribution in [3.05, 3.63) is 47.2 Å². The molecule has 0 fully saturated rings. The molecule has 1 heterocycles. The number of aromatic nitrogens is 1. The molecule has 0 radical (unpaired) electrons. The van der Waals surface area contributed by atoms with Gasteiger partial charge in [-0.1, -0.05) is 26.8 Å². The topological polar surface area (TPSA) is 45.2 Å². The minimum Gasteiger partial charge on any atom is -0.507 e. The lowest BCUT2D eigenvalue weighted by Gasteiger charge is -2.25. The molecule has 2 aromatic rings. The van der Waals surface area contributed by atoms with E-state index >= 15 is 0 Å². The Morgan fingerprint density at radius 1 is 1.04 bits per heavy atom. The van der Waals surface area contributed by atoms with E-state index in [-0.39, 0.29) is 28.0 Å². The Hall–Kier alpha value is -2.08. The van der Waals surface area contributed by atoms with Crippen molar-refractivity contribution in [3.63, 3.8) is 0 Å². The van der Waals surface area contributed by atoms with Crippen LogP contribution in [0.5, 0.6) is 5.75 Å². The van der Waals surface area contributed by atoms with Gasteiger partial charge < -0.3 is 10.4 Å². The largest absolute Gasteiger partial charge is 0.507 e. The van der Waals surface area contributed by atoms with Crippen molar-refractivity contribution in [2.45, 2.75) is 65.2 Å². The van der Waals surface area contributed by atoms with Crippen LogP contribution in [0.15, 0.2) is 30.5 Å². The summed E-state index contributed by atoms with van der Waals surface area (Å²) in [6.07, 6.45) is -3.25. The van der Waals surface area contributed by atoms with Crippen molar-refractivity contribution in [1.82, 2.24) is 10.3 Å². The summed E-state index contributed by atoms with van der Waals surface area (Å²) >= 11 is 0. The highest BCUT2D eigenvalue weighted by atomic mass is 19.4. The number of alkyl halides is 3. The van der Waals surface area contributed by atoms with Crippen LogP contribution in [0.2, 0.25) is 0 Å². The Morgan fingerprint density at radius 2 is 1.67 bits per heavy atom. The average Bonchev–Trinajstić information content (AvgIpc) is 2.51. The quantitative estimate of drug-likeness (QED) is 0.722. The summed E-state index contributed by atoms with van der Waals surface area (Å²) in [4.78, 5) is 3.95. The van der Waals surface area contributed by atoms with Crippen LogP contribution < -0.4 is 5.32 Å². The van der Waals surface area contributed by atoms with Gasteiger partial charge in [0, 0.05) is 29.4 Å². The second-order valence-electron chi connectivity index (χ2n) is 8.78. The number of pyridine rings is 1. The second-order valence-corrected chi connectivity index (χ2v) is 8.78. The highest BCUT2D eigenvalue weighted by Gasteiger charge is 2.35. The predicted octanol–water partition coefficient (Wildman–Crippen LogP) is 5.66. The van der Waals surface area contributed by atoms with Crippen molar-refractivity contribution in [2.75, 3.05) is 0 Å². The first-order valence-electron chi connectivity index (χ1n) is 8.84. The van der Waals surface area contributed by atoms with Crippen molar-refractivity contribution < 1.29 is 18.3 Å². The fourth-order valence-corrected chi connectivity index (χ4v) is 2.65. The highest BCUT2D eigenvalue weighted by Crippen LogP contribution is 2.42. The van der Waals surface area contributed by atoms with Crippen LogP contribution in [-0.4, -0.2) is 15.6 Å².